The van der Waals surface area contributed by atoms with Crippen molar-refractivity contribution in [3.05, 3.63) is 0 Å². The third-order valence-corrected chi connectivity index (χ3v) is 5.49. The first-order chi connectivity index (χ1) is 12.1. The molecule has 1 heterocycles. The predicted octanol–water partition coefficient (Wildman–Crippen LogP) is 5.49. The first kappa shape index (κ1) is 22.9. The van der Waals surface area contributed by atoms with Crippen molar-refractivity contribution >= 4 is 10.4 Å². The highest BCUT2D eigenvalue weighted by Gasteiger charge is 2.24. The SMILES string of the molecule is CCCCCCCCCCCCCCCOS(=O)(=O)OC1CCCO1. The largest absolute Gasteiger partial charge is 0.402 e. The highest BCUT2D eigenvalue weighted by atomic mass is 32.3. The molecule has 25 heavy (non-hydrogen) atoms. The van der Waals surface area contributed by atoms with Gasteiger partial charge in [0.25, 0.3) is 0 Å². The van der Waals surface area contributed by atoms with Crippen LogP contribution in [0.4, 0.5) is 0 Å². The minimum Gasteiger partial charge on any atom is -0.351 e. The Morgan fingerprint density at radius 1 is 0.840 bits per heavy atom. The molecular weight excluding hydrogens is 340 g/mol. The van der Waals surface area contributed by atoms with E-state index >= 15 is 0 Å². The van der Waals surface area contributed by atoms with Crippen molar-refractivity contribution in [2.75, 3.05) is 13.2 Å². The molecule has 0 radical (unpaired) electrons. The molecule has 0 aromatic rings. The summed E-state index contributed by atoms with van der Waals surface area (Å²) < 4.78 is 38.0. The summed E-state index contributed by atoms with van der Waals surface area (Å²) in [6.07, 6.45) is 17.2. The lowest BCUT2D eigenvalue weighted by molar-refractivity contribution is -0.0438. The molecule has 6 heteroatoms. The van der Waals surface area contributed by atoms with E-state index in [-0.39, 0.29) is 6.61 Å². The predicted molar refractivity (Wildman–Crippen MR) is 101 cm³/mol. The van der Waals surface area contributed by atoms with Crippen molar-refractivity contribution in [1.29, 1.82) is 0 Å². The smallest absolute Gasteiger partial charge is 0.351 e. The second kappa shape index (κ2) is 14.9. The number of hydrogen-bond acceptors (Lipinski definition) is 5. The maximum atomic E-state index is 11.6. The fraction of sp³-hybridized carbons (Fsp3) is 1.00. The van der Waals surface area contributed by atoms with Gasteiger partial charge in [-0.1, -0.05) is 84.0 Å². The van der Waals surface area contributed by atoms with Crippen molar-refractivity contribution in [1.82, 2.24) is 0 Å². The third-order valence-electron chi connectivity index (χ3n) is 4.59. The van der Waals surface area contributed by atoms with E-state index in [2.05, 4.69) is 6.92 Å². The average Bonchev–Trinajstić information content (AvgIpc) is 3.07. The lowest BCUT2D eigenvalue weighted by Crippen LogP contribution is -2.19. The van der Waals surface area contributed by atoms with Crippen LogP contribution in [-0.2, 0) is 23.5 Å². The number of rotatable bonds is 17. The second-order valence-electron chi connectivity index (χ2n) is 7.01. The van der Waals surface area contributed by atoms with E-state index in [9.17, 15) is 8.42 Å². The van der Waals surface area contributed by atoms with Crippen LogP contribution in [0.15, 0.2) is 0 Å². The lowest BCUT2D eigenvalue weighted by atomic mass is 10.0. The third kappa shape index (κ3) is 13.7. The fourth-order valence-corrected chi connectivity index (χ4v) is 3.86. The summed E-state index contributed by atoms with van der Waals surface area (Å²) in [5.41, 5.74) is 0. The summed E-state index contributed by atoms with van der Waals surface area (Å²) in [7, 11) is -3.91. The molecule has 0 amide bonds. The molecule has 1 atom stereocenters. The van der Waals surface area contributed by atoms with Gasteiger partial charge in [0.2, 0.25) is 0 Å². The standard InChI is InChI=1S/C19H38O5S/c1-2-3-4-5-6-7-8-9-10-11-12-13-14-18-23-25(20,21)24-19-16-15-17-22-19/h19H,2-18H2,1H3. The van der Waals surface area contributed by atoms with E-state index in [0.29, 0.717) is 13.0 Å². The summed E-state index contributed by atoms with van der Waals surface area (Å²) in [4.78, 5) is 0. The maximum absolute atomic E-state index is 11.6. The zero-order valence-electron chi connectivity index (χ0n) is 16.0. The summed E-state index contributed by atoms with van der Waals surface area (Å²) in [5, 5.41) is 0. The summed E-state index contributed by atoms with van der Waals surface area (Å²) in [6.45, 7) is 3.01. The molecule has 1 saturated heterocycles. The minimum absolute atomic E-state index is 0.201. The van der Waals surface area contributed by atoms with Gasteiger partial charge in [0, 0.05) is 13.0 Å². The van der Waals surface area contributed by atoms with Gasteiger partial charge >= 0.3 is 10.4 Å². The monoisotopic (exact) mass is 378 g/mol. The van der Waals surface area contributed by atoms with Crippen molar-refractivity contribution < 1.29 is 21.5 Å². The van der Waals surface area contributed by atoms with E-state index in [0.717, 1.165) is 25.7 Å². The molecule has 1 unspecified atom stereocenters. The van der Waals surface area contributed by atoms with Crippen LogP contribution in [0.5, 0.6) is 0 Å². The van der Waals surface area contributed by atoms with Crippen LogP contribution < -0.4 is 0 Å². The van der Waals surface area contributed by atoms with Gasteiger partial charge in [-0.3, -0.25) is 0 Å². The topological polar surface area (TPSA) is 61.8 Å². The zero-order valence-corrected chi connectivity index (χ0v) is 16.9. The Labute approximate surface area is 155 Å². The Kier molecular flexibility index (Phi) is 13.7. The zero-order chi connectivity index (χ0) is 18.2. The van der Waals surface area contributed by atoms with Gasteiger partial charge in [-0.2, -0.15) is 8.42 Å². The molecule has 0 spiro atoms. The highest BCUT2D eigenvalue weighted by molar-refractivity contribution is 7.81. The van der Waals surface area contributed by atoms with Gasteiger partial charge in [-0.15, -0.1) is 0 Å². The first-order valence-corrected chi connectivity index (χ1v) is 11.7. The van der Waals surface area contributed by atoms with Crippen LogP contribution >= 0.6 is 0 Å². The summed E-state index contributed by atoms with van der Waals surface area (Å²) >= 11 is 0. The van der Waals surface area contributed by atoms with Gasteiger partial charge in [-0.25, -0.2) is 8.37 Å². The molecule has 0 aliphatic carbocycles. The van der Waals surface area contributed by atoms with E-state index < -0.39 is 16.7 Å². The Balaban J connectivity index is 1.81. The van der Waals surface area contributed by atoms with Gasteiger partial charge in [0.1, 0.15) is 0 Å². The quantitative estimate of drug-likeness (QED) is 0.313. The normalized spacial score (nSPS) is 18.0. The minimum atomic E-state index is -3.91. The Hall–Kier alpha value is -0.170. The molecule has 150 valence electrons. The Bertz CT molecular complexity index is 391. The Morgan fingerprint density at radius 2 is 1.36 bits per heavy atom. The molecule has 5 nitrogen and oxygen atoms in total. The second-order valence-corrected chi connectivity index (χ2v) is 8.26. The average molecular weight is 379 g/mol. The molecule has 0 bridgehead atoms. The molecule has 1 rings (SSSR count). The molecular formula is C19H38O5S. The van der Waals surface area contributed by atoms with E-state index in [4.69, 9.17) is 13.1 Å². The van der Waals surface area contributed by atoms with Crippen LogP contribution in [-0.4, -0.2) is 27.9 Å². The van der Waals surface area contributed by atoms with E-state index in [1.165, 1.54) is 64.2 Å². The molecule has 0 aromatic heterocycles. The molecule has 1 aliphatic heterocycles. The van der Waals surface area contributed by atoms with Crippen molar-refractivity contribution in [2.45, 2.75) is 110 Å². The van der Waals surface area contributed by atoms with Gasteiger partial charge in [0.15, 0.2) is 6.29 Å². The number of hydrogen-bond donors (Lipinski definition) is 0. The molecule has 1 fully saturated rings. The molecule has 0 aromatic carbocycles. The lowest BCUT2D eigenvalue weighted by Gasteiger charge is -2.10. The van der Waals surface area contributed by atoms with Crippen molar-refractivity contribution in [2.24, 2.45) is 0 Å². The van der Waals surface area contributed by atoms with Crippen LogP contribution in [0.1, 0.15) is 103 Å². The first-order valence-electron chi connectivity index (χ1n) is 10.3. The summed E-state index contributed by atoms with van der Waals surface area (Å²) in [6, 6.07) is 0. The van der Waals surface area contributed by atoms with Crippen LogP contribution in [0.25, 0.3) is 0 Å². The van der Waals surface area contributed by atoms with Crippen LogP contribution in [0.3, 0.4) is 0 Å². The van der Waals surface area contributed by atoms with Crippen molar-refractivity contribution in [3.8, 4) is 0 Å². The van der Waals surface area contributed by atoms with Gasteiger partial charge < -0.3 is 4.74 Å². The van der Waals surface area contributed by atoms with Gasteiger partial charge in [0.05, 0.1) is 6.61 Å². The number of unbranched alkanes of at least 4 members (excludes halogenated alkanes) is 12. The highest BCUT2D eigenvalue weighted by Crippen LogP contribution is 2.17. The fourth-order valence-electron chi connectivity index (χ4n) is 3.06. The van der Waals surface area contributed by atoms with Crippen molar-refractivity contribution in [3.63, 3.8) is 0 Å². The number of ether oxygens (including phenoxy) is 1. The molecule has 0 saturated carbocycles. The Morgan fingerprint density at radius 3 is 1.84 bits per heavy atom. The van der Waals surface area contributed by atoms with E-state index in [1.807, 2.05) is 0 Å². The van der Waals surface area contributed by atoms with E-state index in [1.54, 1.807) is 0 Å². The van der Waals surface area contributed by atoms with Crippen LogP contribution in [0.2, 0.25) is 0 Å². The summed E-state index contributed by atoms with van der Waals surface area (Å²) in [5.74, 6) is 0. The van der Waals surface area contributed by atoms with Crippen LogP contribution in [0, 0.1) is 0 Å². The molecule has 0 N–H and O–H groups in total. The van der Waals surface area contributed by atoms with Gasteiger partial charge in [-0.05, 0) is 12.8 Å². The molecule has 1 aliphatic rings. The maximum Gasteiger partial charge on any atom is 0.402 e.